The lowest BCUT2D eigenvalue weighted by Gasteiger charge is -2.06. The first-order valence-electron chi connectivity index (χ1n) is 10.1. The van der Waals surface area contributed by atoms with Crippen molar-refractivity contribution < 1.29 is 23.5 Å². The lowest BCUT2D eigenvalue weighted by Crippen LogP contribution is -2.24. The summed E-state index contributed by atoms with van der Waals surface area (Å²) in [6.45, 7) is -0.163. The van der Waals surface area contributed by atoms with E-state index in [2.05, 4.69) is 10.5 Å². The summed E-state index contributed by atoms with van der Waals surface area (Å²) in [5.41, 5.74) is 5.30. The number of furan rings is 1. The lowest BCUT2D eigenvalue weighted by molar-refractivity contribution is -0.123. The van der Waals surface area contributed by atoms with Gasteiger partial charge in [0.25, 0.3) is 5.91 Å². The highest BCUT2D eigenvalue weighted by atomic mass is 16.5. The molecule has 0 fully saturated rings. The standard InChI is InChI=1S/C26H20N2O5/c29-25(18-32-22-14-10-21(11-15-22)20-5-2-1-3-6-20)28-27-17-19-8-12-23(13-9-19)33-26(30)24-7-4-16-31-24/h1-17H,18H2,(H,28,29). The molecule has 164 valence electrons. The van der Waals surface area contributed by atoms with E-state index in [-0.39, 0.29) is 18.3 Å². The molecule has 0 unspecified atom stereocenters. The van der Waals surface area contributed by atoms with E-state index in [1.807, 2.05) is 54.6 Å². The second-order valence-corrected chi connectivity index (χ2v) is 6.91. The van der Waals surface area contributed by atoms with Crippen LogP contribution in [0.3, 0.4) is 0 Å². The number of ether oxygens (including phenoxy) is 2. The Morgan fingerprint density at radius 3 is 2.21 bits per heavy atom. The Morgan fingerprint density at radius 2 is 1.52 bits per heavy atom. The van der Waals surface area contributed by atoms with Crippen LogP contribution < -0.4 is 14.9 Å². The van der Waals surface area contributed by atoms with Crippen molar-refractivity contribution in [1.82, 2.24) is 5.43 Å². The maximum absolute atomic E-state index is 12.0. The van der Waals surface area contributed by atoms with Gasteiger partial charge in [-0.15, -0.1) is 0 Å². The van der Waals surface area contributed by atoms with Gasteiger partial charge in [0.1, 0.15) is 11.5 Å². The van der Waals surface area contributed by atoms with Crippen LogP contribution in [0.25, 0.3) is 11.1 Å². The van der Waals surface area contributed by atoms with Gasteiger partial charge >= 0.3 is 5.97 Å². The van der Waals surface area contributed by atoms with Crippen LogP contribution in [0.1, 0.15) is 16.1 Å². The van der Waals surface area contributed by atoms with Crippen LogP contribution in [0.4, 0.5) is 0 Å². The van der Waals surface area contributed by atoms with Crippen LogP contribution in [-0.2, 0) is 4.79 Å². The lowest BCUT2D eigenvalue weighted by atomic mass is 10.1. The molecule has 0 radical (unpaired) electrons. The van der Waals surface area contributed by atoms with Gasteiger partial charge in [-0.05, 0) is 65.2 Å². The van der Waals surface area contributed by atoms with Crippen molar-refractivity contribution in [3.63, 3.8) is 0 Å². The molecule has 1 amide bonds. The molecule has 0 aliphatic heterocycles. The largest absolute Gasteiger partial charge is 0.484 e. The van der Waals surface area contributed by atoms with Crippen molar-refractivity contribution in [1.29, 1.82) is 0 Å². The highest BCUT2D eigenvalue weighted by Crippen LogP contribution is 2.22. The third-order valence-corrected chi connectivity index (χ3v) is 4.55. The smallest absolute Gasteiger partial charge is 0.379 e. The Morgan fingerprint density at radius 1 is 0.818 bits per heavy atom. The van der Waals surface area contributed by atoms with Crippen molar-refractivity contribution in [2.75, 3.05) is 6.61 Å². The number of benzene rings is 3. The predicted molar refractivity (Wildman–Crippen MR) is 123 cm³/mol. The molecule has 4 rings (SSSR count). The van der Waals surface area contributed by atoms with E-state index >= 15 is 0 Å². The van der Waals surface area contributed by atoms with Crippen LogP contribution in [0, 0.1) is 0 Å². The van der Waals surface area contributed by atoms with Gasteiger partial charge in [-0.25, -0.2) is 10.2 Å². The van der Waals surface area contributed by atoms with Crippen molar-refractivity contribution >= 4 is 18.1 Å². The molecule has 0 aliphatic rings. The quantitative estimate of drug-likeness (QED) is 0.186. The maximum Gasteiger partial charge on any atom is 0.379 e. The zero-order chi connectivity index (χ0) is 22.9. The normalized spacial score (nSPS) is 10.7. The fourth-order valence-corrected chi connectivity index (χ4v) is 2.91. The average molecular weight is 440 g/mol. The fraction of sp³-hybridized carbons (Fsp3) is 0.0385. The predicted octanol–water partition coefficient (Wildman–Crippen LogP) is 4.69. The molecule has 0 saturated heterocycles. The number of rotatable bonds is 8. The first-order chi connectivity index (χ1) is 16.2. The van der Waals surface area contributed by atoms with E-state index in [4.69, 9.17) is 13.9 Å². The Hall–Kier alpha value is -4.65. The van der Waals surface area contributed by atoms with Crippen LogP contribution in [0.15, 0.2) is 107 Å². The number of carbonyl (C=O) groups excluding carboxylic acids is 2. The Balaban J connectivity index is 1.21. The minimum Gasteiger partial charge on any atom is -0.484 e. The number of amides is 1. The number of nitrogens with zero attached hydrogens (tertiary/aromatic N) is 1. The van der Waals surface area contributed by atoms with E-state index in [0.29, 0.717) is 17.1 Å². The Kier molecular flexibility index (Phi) is 6.92. The van der Waals surface area contributed by atoms with Crippen LogP contribution in [-0.4, -0.2) is 24.7 Å². The summed E-state index contributed by atoms with van der Waals surface area (Å²) >= 11 is 0. The van der Waals surface area contributed by atoms with Crippen LogP contribution >= 0.6 is 0 Å². The molecule has 4 aromatic rings. The molecular weight excluding hydrogens is 420 g/mol. The van der Waals surface area contributed by atoms with Gasteiger partial charge in [0.05, 0.1) is 12.5 Å². The Labute approximate surface area is 190 Å². The second kappa shape index (κ2) is 10.6. The molecule has 1 N–H and O–H groups in total. The summed E-state index contributed by atoms with van der Waals surface area (Å²) in [7, 11) is 0. The van der Waals surface area contributed by atoms with Gasteiger partial charge in [-0.1, -0.05) is 42.5 Å². The first kappa shape index (κ1) is 21.6. The number of hydrazone groups is 1. The molecule has 0 saturated carbocycles. The third kappa shape index (κ3) is 6.18. The molecule has 0 bridgehead atoms. The Bertz CT molecular complexity index is 1220. The molecule has 33 heavy (non-hydrogen) atoms. The number of carbonyl (C=O) groups is 2. The number of esters is 1. The summed E-state index contributed by atoms with van der Waals surface area (Å²) in [5.74, 6) is 0.112. The highest BCUT2D eigenvalue weighted by molar-refractivity contribution is 5.88. The highest BCUT2D eigenvalue weighted by Gasteiger charge is 2.11. The molecular formula is C26H20N2O5. The van der Waals surface area contributed by atoms with Crippen molar-refractivity contribution in [2.24, 2.45) is 5.10 Å². The van der Waals surface area contributed by atoms with Crippen molar-refractivity contribution in [2.45, 2.75) is 0 Å². The van der Waals surface area contributed by atoms with Gasteiger partial charge in [-0.2, -0.15) is 5.10 Å². The van der Waals surface area contributed by atoms with E-state index in [1.165, 1.54) is 18.5 Å². The summed E-state index contributed by atoms with van der Waals surface area (Å²) < 4.78 is 15.7. The van der Waals surface area contributed by atoms with Gasteiger partial charge in [0.2, 0.25) is 5.76 Å². The van der Waals surface area contributed by atoms with E-state index in [9.17, 15) is 9.59 Å². The first-order valence-corrected chi connectivity index (χ1v) is 10.1. The molecule has 1 aromatic heterocycles. The minimum absolute atomic E-state index is 0.123. The molecule has 0 atom stereocenters. The molecule has 7 heteroatoms. The summed E-state index contributed by atoms with van der Waals surface area (Å²) in [6, 6.07) is 27.3. The zero-order valence-electron chi connectivity index (χ0n) is 17.5. The third-order valence-electron chi connectivity index (χ3n) is 4.55. The molecule has 0 aliphatic carbocycles. The van der Waals surface area contributed by atoms with Crippen molar-refractivity contribution in [3.8, 4) is 22.6 Å². The van der Waals surface area contributed by atoms with E-state index in [1.54, 1.807) is 30.3 Å². The monoisotopic (exact) mass is 440 g/mol. The molecule has 0 spiro atoms. The van der Waals surface area contributed by atoms with Gasteiger partial charge in [0, 0.05) is 0 Å². The summed E-state index contributed by atoms with van der Waals surface area (Å²) in [6.07, 6.45) is 2.88. The summed E-state index contributed by atoms with van der Waals surface area (Å²) in [4.78, 5) is 23.8. The summed E-state index contributed by atoms with van der Waals surface area (Å²) in [5, 5.41) is 3.91. The van der Waals surface area contributed by atoms with Crippen LogP contribution in [0.5, 0.6) is 11.5 Å². The zero-order valence-corrected chi connectivity index (χ0v) is 17.5. The topological polar surface area (TPSA) is 90.1 Å². The second-order valence-electron chi connectivity index (χ2n) is 6.91. The SMILES string of the molecule is O=C(COc1ccc(-c2ccccc2)cc1)NN=Cc1ccc(OC(=O)c2ccco2)cc1. The van der Waals surface area contributed by atoms with Gasteiger partial charge in [-0.3, -0.25) is 4.79 Å². The van der Waals surface area contributed by atoms with Gasteiger partial charge < -0.3 is 13.9 Å². The van der Waals surface area contributed by atoms with E-state index < -0.39 is 5.97 Å². The van der Waals surface area contributed by atoms with Gasteiger partial charge in [0.15, 0.2) is 6.61 Å². The van der Waals surface area contributed by atoms with Crippen molar-refractivity contribution in [3.05, 3.63) is 109 Å². The minimum atomic E-state index is -0.580. The average Bonchev–Trinajstić information content (AvgIpc) is 3.40. The maximum atomic E-state index is 12.0. The molecule has 7 nitrogen and oxygen atoms in total. The van der Waals surface area contributed by atoms with E-state index in [0.717, 1.165) is 11.1 Å². The molecule has 3 aromatic carbocycles. The molecule has 1 heterocycles. The fourth-order valence-electron chi connectivity index (χ4n) is 2.91. The number of hydrogen-bond donors (Lipinski definition) is 1. The number of hydrogen-bond acceptors (Lipinski definition) is 6. The van der Waals surface area contributed by atoms with Crippen LogP contribution in [0.2, 0.25) is 0 Å². The number of nitrogens with one attached hydrogen (secondary N) is 1.